The summed E-state index contributed by atoms with van der Waals surface area (Å²) >= 11 is 0. The molecular weight excluding hydrogens is 223 g/mol. The minimum atomic E-state index is 0. The van der Waals surface area contributed by atoms with Crippen LogP contribution in [0.1, 0.15) is 12.8 Å². The largest absolute Gasteiger partial charge is 0.372 e. The van der Waals surface area contributed by atoms with Crippen LogP contribution in [-0.2, 0) is 4.74 Å². The van der Waals surface area contributed by atoms with Crippen LogP contribution in [0.4, 0.5) is 0 Å². The number of rotatable bonds is 0. The van der Waals surface area contributed by atoms with E-state index in [-0.39, 0.29) is 30.4 Å². The van der Waals surface area contributed by atoms with E-state index in [0.717, 1.165) is 32.8 Å². The number of hydrogen-bond acceptors (Lipinski definition) is 3. The van der Waals surface area contributed by atoms with Gasteiger partial charge in [-0.15, -0.1) is 24.8 Å². The van der Waals surface area contributed by atoms with Crippen LogP contribution >= 0.6 is 24.8 Å². The molecule has 86 valence electrons. The number of nitrogens with one attached hydrogen (secondary N) is 1. The minimum absolute atomic E-state index is 0. The Morgan fingerprint density at radius 2 is 1.86 bits per heavy atom. The number of nitrogens with zero attached hydrogens (tertiary/aromatic N) is 1. The van der Waals surface area contributed by atoms with E-state index in [2.05, 4.69) is 17.3 Å². The second-order valence-corrected chi connectivity index (χ2v) is 4.02. The molecule has 0 bridgehead atoms. The van der Waals surface area contributed by atoms with Crippen molar-refractivity contribution in [3.63, 3.8) is 0 Å². The van der Waals surface area contributed by atoms with Crippen molar-refractivity contribution < 1.29 is 4.74 Å². The Morgan fingerprint density at radius 1 is 1.21 bits per heavy atom. The summed E-state index contributed by atoms with van der Waals surface area (Å²) in [5, 5.41) is 3.37. The Hall–Kier alpha value is 0.460. The lowest BCUT2D eigenvalue weighted by atomic mass is 9.90. The van der Waals surface area contributed by atoms with Gasteiger partial charge in [0, 0.05) is 13.1 Å². The van der Waals surface area contributed by atoms with Gasteiger partial charge in [0.05, 0.1) is 12.2 Å². The first-order valence-corrected chi connectivity index (χ1v) is 4.84. The molecule has 2 heterocycles. The summed E-state index contributed by atoms with van der Waals surface area (Å²) in [5.41, 5.74) is 0.193. The van der Waals surface area contributed by atoms with Gasteiger partial charge < -0.3 is 15.0 Å². The molecule has 0 aliphatic carbocycles. The van der Waals surface area contributed by atoms with Gasteiger partial charge in [0.2, 0.25) is 0 Å². The van der Waals surface area contributed by atoms with Crippen LogP contribution in [0.25, 0.3) is 0 Å². The number of ether oxygens (including phenoxy) is 1. The van der Waals surface area contributed by atoms with Gasteiger partial charge in [-0.1, -0.05) is 0 Å². The molecule has 1 spiro atoms. The summed E-state index contributed by atoms with van der Waals surface area (Å²) in [5.74, 6) is 0. The SMILES string of the molecule is CN1CCOC2(CCNCC2)C1.Cl.Cl. The van der Waals surface area contributed by atoms with Gasteiger partial charge in [-0.2, -0.15) is 0 Å². The number of piperidine rings is 1. The zero-order chi connectivity index (χ0) is 8.44. The fourth-order valence-electron chi connectivity index (χ4n) is 2.22. The van der Waals surface area contributed by atoms with E-state index in [0.29, 0.717) is 0 Å². The molecule has 1 N–H and O–H groups in total. The Kier molecular flexibility index (Phi) is 6.33. The molecule has 2 fully saturated rings. The summed E-state index contributed by atoms with van der Waals surface area (Å²) in [4.78, 5) is 2.38. The Morgan fingerprint density at radius 3 is 2.43 bits per heavy atom. The summed E-state index contributed by atoms with van der Waals surface area (Å²) in [6.45, 7) is 5.36. The molecule has 2 rings (SSSR count). The van der Waals surface area contributed by atoms with E-state index in [9.17, 15) is 0 Å². The third-order valence-corrected chi connectivity index (χ3v) is 2.95. The van der Waals surface area contributed by atoms with Crippen LogP contribution in [-0.4, -0.2) is 50.3 Å². The molecular formula is C9H20Cl2N2O. The standard InChI is InChI=1S/C9H18N2O.2ClH/c1-11-6-7-12-9(8-11)2-4-10-5-3-9;;/h10H,2-8H2,1H3;2*1H. The van der Waals surface area contributed by atoms with Crippen molar-refractivity contribution in [2.24, 2.45) is 0 Å². The zero-order valence-electron chi connectivity index (χ0n) is 8.62. The molecule has 0 aromatic heterocycles. The van der Waals surface area contributed by atoms with Crippen LogP contribution in [0.5, 0.6) is 0 Å². The second-order valence-electron chi connectivity index (χ2n) is 4.02. The first kappa shape index (κ1) is 14.5. The average Bonchev–Trinajstić information content (AvgIpc) is 2.05. The van der Waals surface area contributed by atoms with E-state index < -0.39 is 0 Å². The lowest BCUT2D eigenvalue weighted by Crippen LogP contribution is -2.55. The van der Waals surface area contributed by atoms with Crippen LogP contribution in [0.15, 0.2) is 0 Å². The van der Waals surface area contributed by atoms with Crippen LogP contribution in [0.3, 0.4) is 0 Å². The first-order chi connectivity index (χ1) is 5.81. The van der Waals surface area contributed by atoms with Crippen LogP contribution < -0.4 is 5.32 Å². The van der Waals surface area contributed by atoms with E-state index in [1.165, 1.54) is 12.8 Å². The van der Waals surface area contributed by atoms with Crippen LogP contribution in [0.2, 0.25) is 0 Å². The zero-order valence-corrected chi connectivity index (χ0v) is 10.3. The first-order valence-electron chi connectivity index (χ1n) is 4.84. The van der Waals surface area contributed by atoms with Crippen molar-refractivity contribution in [3.05, 3.63) is 0 Å². The molecule has 2 aliphatic rings. The van der Waals surface area contributed by atoms with Gasteiger partial charge in [-0.05, 0) is 33.0 Å². The lowest BCUT2D eigenvalue weighted by molar-refractivity contribution is -0.117. The Bertz CT molecular complexity index is 157. The fourth-order valence-corrected chi connectivity index (χ4v) is 2.22. The van der Waals surface area contributed by atoms with Gasteiger partial charge in [-0.25, -0.2) is 0 Å². The molecule has 3 nitrogen and oxygen atoms in total. The van der Waals surface area contributed by atoms with Gasteiger partial charge in [-0.3, -0.25) is 0 Å². The average molecular weight is 243 g/mol. The number of halogens is 2. The van der Waals surface area contributed by atoms with Gasteiger partial charge in [0.25, 0.3) is 0 Å². The highest BCUT2D eigenvalue weighted by Gasteiger charge is 2.36. The molecule has 0 amide bonds. The van der Waals surface area contributed by atoms with Gasteiger partial charge in [0.1, 0.15) is 0 Å². The van der Waals surface area contributed by atoms with Crippen LogP contribution in [0, 0.1) is 0 Å². The Balaban J connectivity index is 0.000000845. The summed E-state index contributed by atoms with van der Waals surface area (Å²) in [7, 11) is 2.19. The van der Waals surface area contributed by atoms with E-state index in [1.54, 1.807) is 0 Å². The maximum Gasteiger partial charge on any atom is 0.0833 e. The quantitative estimate of drug-likeness (QED) is 0.684. The second kappa shape index (κ2) is 6.13. The van der Waals surface area contributed by atoms with E-state index >= 15 is 0 Å². The predicted molar refractivity (Wildman–Crippen MR) is 62.8 cm³/mol. The lowest BCUT2D eigenvalue weighted by Gasteiger charge is -2.44. The monoisotopic (exact) mass is 242 g/mol. The van der Waals surface area contributed by atoms with Crippen molar-refractivity contribution in [1.29, 1.82) is 0 Å². The maximum atomic E-state index is 5.90. The predicted octanol–water partition coefficient (Wildman–Crippen LogP) is 0.914. The summed E-state index contributed by atoms with van der Waals surface area (Å²) < 4.78 is 5.90. The fraction of sp³-hybridized carbons (Fsp3) is 1.00. The van der Waals surface area contributed by atoms with Crippen molar-refractivity contribution in [1.82, 2.24) is 10.2 Å². The van der Waals surface area contributed by atoms with Crippen molar-refractivity contribution in [2.45, 2.75) is 18.4 Å². The minimum Gasteiger partial charge on any atom is -0.372 e. The summed E-state index contributed by atoms with van der Waals surface area (Å²) in [6.07, 6.45) is 2.36. The molecule has 5 heteroatoms. The highest BCUT2D eigenvalue weighted by molar-refractivity contribution is 5.85. The normalized spacial score (nSPS) is 26.4. The third kappa shape index (κ3) is 3.24. The smallest absolute Gasteiger partial charge is 0.0833 e. The number of morpholine rings is 1. The molecule has 0 saturated carbocycles. The summed E-state index contributed by atoms with van der Waals surface area (Å²) in [6, 6.07) is 0. The van der Waals surface area contributed by atoms with E-state index in [1.807, 2.05) is 0 Å². The third-order valence-electron chi connectivity index (χ3n) is 2.95. The maximum absolute atomic E-state index is 5.90. The molecule has 2 saturated heterocycles. The Labute approximate surface area is 98.4 Å². The number of hydrogen-bond donors (Lipinski definition) is 1. The van der Waals surface area contributed by atoms with Crippen molar-refractivity contribution in [3.8, 4) is 0 Å². The van der Waals surface area contributed by atoms with E-state index in [4.69, 9.17) is 4.74 Å². The highest BCUT2D eigenvalue weighted by atomic mass is 35.5. The molecule has 0 aromatic carbocycles. The molecule has 0 radical (unpaired) electrons. The molecule has 0 aromatic rings. The molecule has 14 heavy (non-hydrogen) atoms. The van der Waals surface area contributed by atoms with Gasteiger partial charge >= 0.3 is 0 Å². The van der Waals surface area contributed by atoms with Gasteiger partial charge in [0.15, 0.2) is 0 Å². The number of likely N-dealkylation sites (N-methyl/N-ethyl adjacent to an activating group) is 1. The topological polar surface area (TPSA) is 24.5 Å². The highest BCUT2D eigenvalue weighted by Crippen LogP contribution is 2.26. The molecule has 0 atom stereocenters. The molecule has 0 unspecified atom stereocenters. The molecule has 2 aliphatic heterocycles. The van der Waals surface area contributed by atoms with Crippen molar-refractivity contribution >= 4 is 24.8 Å². The van der Waals surface area contributed by atoms with Crippen molar-refractivity contribution in [2.75, 3.05) is 39.8 Å².